The molecule has 34 heavy (non-hydrogen) atoms. The van der Waals surface area contributed by atoms with Crippen LogP contribution in [0.3, 0.4) is 0 Å². The van der Waals surface area contributed by atoms with E-state index in [1.165, 1.54) is 12.7 Å². The molecule has 1 saturated heterocycles. The highest BCUT2D eigenvalue weighted by Gasteiger charge is 2.31. The molecule has 1 aliphatic heterocycles. The molecule has 1 atom stereocenters. The minimum Gasteiger partial charge on any atom is -0.468 e. The molecule has 1 fully saturated rings. The zero-order valence-electron chi connectivity index (χ0n) is 19.3. The van der Waals surface area contributed by atoms with Crippen LogP contribution in [0.25, 0.3) is 11.1 Å². The zero-order valence-corrected chi connectivity index (χ0v) is 20.1. The summed E-state index contributed by atoms with van der Waals surface area (Å²) in [6, 6.07) is 23.4. The SMILES string of the molecule is COC(=O)C1CCCN1Cc1ccc(CCNC(=O)c2ccc(-c3ccc(Cl)cc3)cc2)cc1. The summed E-state index contributed by atoms with van der Waals surface area (Å²) in [5, 5.41) is 3.70. The zero-order chi connectivity index (χ0) is 23.9. The van der Waals surface area contributed by atoms with Crippen molar-refractivity contribution >= 4 is 23.5 Å². The number of nitrogens with zero attached hydrogens (tertiary/aromatic N) is 1. The fourth-order valence-corrected chi connectivity index (χ4v) is 4.47. The molecule has 1 amide bonds. The highest BCUT2D eigenvalue weighted by molar-refractivity contribution is 6.30. The van der Waals surface area contributed by atoms with E-state index in [4.69, 9.17) is 16.3 Å². The number of rotatable bonds is 8. The van der Waals surface area contributed by atoms with Crippen molar-refractivity contribution in [1.29, 1.82) is 0 Å². The van der Waals surface area contributed by atoms with Crippen LogP contribution in [0.2, 0.25) is 5.02 Å². The second-order valence-electron chi connectivity index (χ2n) is 8.56. The van der Waals surface area contributed by atoms with E-state index in [0.717, 1.165) is 49.0 Å². The number of ether oxygens (including phenoxy) is 1. The van der Waals surface area contributed by atoms with Gasteiger partial charge in [0.25, 0.3) is 5.91 Å². The average molecular weight is 477 g/mol. The van der Waals surface area contributed by atoms with Crippen LogP contribution < -0.4 is 5.32 Å². The number of nitrogens with one attached hydrogen (secondary N) is 1. The number of hydrogen-bond donors (Lipinski definition) is 1. The topological polar surface area (TPSA) is 58.6 Å². The number of halogens is 1. The predicted molar refractivity (Wildman–Crippen MR) is 135 cm³/mol. The van der Waals surface area contributed by atoms with Gasteiger partial charge in [0.15, 0.2) is 0 Å². The Bertz CT molecular complexity index is 1110. The van der Waals surface area contributed by atoms with E-state index < -0.39 is 0 Å². The van der Waals surface area contributed by atoms with E-state index in [1.807, 2.05) is 48.5 Å². The molecule has 176 valence electrons. The molecule has 0 aromatic heterocycles. The Morgan fingerprint density at radius 2 is 1.56 bits per heavy atom. The molecule has 0 spiro atoms. The summed E-state index contributed by atoms with van der Waals surface area (Å²) in [7, 11) is 1.45. The summed E-state index contributed by atoms with van der Waals surface area (Å²) in [5.74, 6) is -0.230. The Morgan fingerprint density at radius 1 is 0.941 bits per heavy atom. The first-order valence-electron chi connectivity index (χ1n) is 11.6. The molecule has 3 aromatic carbocycles. The van der Waals surface area contributed by atoms with E-state index in [1.54, 1.807) is 0 Å². The number of hydrogen-bond acceptors (Lipinski definition) is 4. The standard InChI is InChI=1S/C28H29ClN2O3/c1-34-28(33)26-3-2-18-31(26)19-21-6-4-20(5-7-21)16-17-30-27(32)24-10-8-22(9-11-24)23-12-14-25(29)15-13-23/h4-15,26H,2-3,16-19H2,1H3,(H,30,32). The van der Waals surface area contributed by atoms with E-state index in [-0.39, 0.29) is 17.9 Å². The first kappa shape index (κ1) is 24.0. The van der Waals surface area contributed by atoms with Crippen molar-refractivity contribution in [3.05, 3.63) is 94.5 Å². The van der Waals surface area contributed by atoms with Crippen molar-refractivity contribution < 1.29 is 14.3 Å². The van der Waals surface area contributed by atoms with Crippen LogP contribution in [0.5, 0.6) is 0 Å². The van der Waals surface area contributed by atoms with Gasteiger partial charge in [-0.3, -0.25) is 14.5 Å². The van der Waals surface area contributed by atoms with E-state index >= 15 is 0 Å². The summed E-state index contributed by atoms with van der Waals surface area (Å²) >= 11 is 5.95. The first-order valence-corrected chi connectivity index (χ1v) is 11.9. The maximum Gasteiger partial charge on any atom is 0.323 e. The Hall–Kier alpha value is -3.15. The summed E-state index contributed by atoms with van der Waals surface area (Å²) in [4.78, 5) is 26.6. The predicted octanol–water partition coefficient (Wildman–Crippen LogP) is 5.12. The molecule has 4 rings (SSSR count). The molecule has 6 heteroatoms. The van der Waals surface area contributed by atoms with Gasteiger partial charge in [-0.25, -0.2) is 0 Å². The summed E-state index contributed by atoms with van der Waals surface area (Å²) in [6.07, 6.45) is 2.62. The lowest BCUT2D eigenvalue weighted by atomic mass is 10.0. The molecule has 1 heterocycles. The smallest absolute Gasteiger partial charge is 0.323 e. The van der Waals surface area contributed by atoms with Gasteiger partial charge in [-0.1, -0.05) is 60.1 Å². The monoisotopic (exact) mass is 476 g/mol. The maximum atomic E-state index is 12.5. The first-order chi connectivity index (χ1) is 16.5. The van der Waals surface area contributed by atoms with Crippen LogP contribution in [0.1, 0.15) is 34.3 Å². The Morgan fingerprint density at radius 3 is 2.21 bits per heavy atom. The van der Waals surface area contributed by atoms with Gasteiger partial charge in [0.1, 0.15) is 6.04 Å². The number of amides is 1. The molecule has 1 unspecified atom stereocenters. The van der Waals surface area contributed by atoms with Gasteiger partial charge in [-0.15, -0.1) is 0 Å². The van der Waals surface area contributed by atoms with Gasteiger partial charge in [0, 0.05) is 23.7 Å². The molecule has 0 aliphatic carbocycles. The highest BCUT2D eigenvalue weighted by Crippen LogP contribution is 2.23. The number of methoxy groups -OCH3 is 1. The number of carbonyl (C=O) groups excluding carboxylic acids is 2. The molecule has 0 bridgehead atoms. The molecular formula is C28H29ClN2O3. The molecule has 0 saturated carbocycles. The number of esters is 1. The maximum absolute atomic E-state index is 12.5. The third-order valence-corrected chi connectivity index (χ3v) is 6.52. The normalized spacial score (nSPS) is 15.8. The fourth-order valence-electron chi connectivity index (χ4n) is 4.34. The van der Waals surface area contributed by atoms with Crippen molar-refractivity contribution in [2.75, 3.05) is 20.2 Å². The van der Waals surface area contributed by atoms with Gasteiger partial charge >= 0.3 is 5.97 Å². The third-order valence-electron chi connectivity index (χ3n) is 6.27. The Balaban J connectivity index is 1.25. The molecular weight excluding hydrogens is 448 g/mol. The van der Waals surface area contributed by atoms with Crippen LogP contribution >= 0.6 is 11.6 Å². The minimum absolute atomic E-state index is 0.0813. The van der Waals surface area contributed by atoms with Crippen LogP contribution in [0, 0.1) is 0 Å². The summed E-state index contributed by atoms with van der Waals surface area (Å²) in [5.41, 5.74) is 5.07. The quantitative estimate of drug-likeness (QED) is 0.458. The Labute approximate surface area is 205 Å². The highest BCUT2D eigenvalue weighted by atomic mass is 35.5. The molecule has 1 N–H and O–H groups in total. The van der Waals surface area contributed by atoms with E-state index in [9.17, 15) is 9.59 Å². The van der Waals surface area contributed by atoms with Crippen LogP contribution in [-0.2, 0) is 22.5 Å². The lowest BCUT2D eigenvalue weighted by Crippen LogP contribution is -2.36. The van der Waals surface area contributed by atoms with Gasteiger partial charge in [0.2, 0.25) is 0 Å². The third kappa shape index (κ3) is 6.04. The summed E-state index contributed by atoms with van der Waals surface area (Å²) in [6.45, 7) is 2.21. The van der Waals surface area contributed by atoms with Gasteiger partial charge < -0.3 is 10.1 Å². The van der Waals surface area contributed by atoms with Crippen LogP contribution in [0.4, 0.5) is 0 Å². The molecule has 0 radical (unpaired) electrons. The second-order valence-corrected chi connectivity index (χ2v) is 8.99. The van der Waals surface area contributed by atoms with E-state index in [0.29, 0.717) is 17.1 Å². The minimum atomic E-state index is -0.149. The van der Waals surface area contributed by atoms with Crippen LogP contribution in [-0.4, -0.2) is 43.0 Å². The van der Waals surface area contributed by atoms with Crippen molar-refractivity contribution in [2.24, 2.45) is 0 Å². The fraction of sp³-hybridized carbons (Fsp3) is 0.286. The average Bonchev–Trinajstić information content (AvgIpc) is 3.33. The largest absolute Gasteiger partial charge is 0.468 e. The number of carbonyl (C=O) groups is 2. The molecule has 3 aromatic rings. The van der Waals surface area contributed by atoms with Gasteiger partial charge in [-0.2, -0.15) is 0 Å². The van der Waals surface area contributed by atoms with Crippen molar-refractivity contribution in [1.82, 2.24) is 10.2 Å². The number of likely N-dealkylation sites (tertiary alicyclic amines) is 1. The van der Waals surface area contributed by atoms with E-state index in [2.05, 4.69) is 34.5 Å². The summed E-state index contributed by atoms with van der Waals surface area (Å²) < 4.78 is 4.93. The second kappa shape index (κ2) is 11.3. The molecule has 1 aliphatic rings. The van der Waals surface area contributed by atoms with Crippen molar-refractivity contribution in [3.63, 3.8) is 0 Å². The van der Waals surface area contributed by atoms with Crippen molar-refractivity contribution in [2.45, 2.75) is 31.8 Å². The van der Waals surface area contributed by atoms with Gasteiger partial charge in [-0.05, 0) is 72.3 Å². The lowest BCUT2D eigenvalue weighted by molar-refractivity contribution is -0.146. The van der Waals surface area contributed by atoms with Gasteiger partial charge in [0.05, 0.1) is 7.11 Å². The Kier molecular flexibility index (Phi) is 7.99. The van der Waals surface area contributed by atoms with Crippen LogP contribution in [0.15, 0.2) is 72.8 Å². The number of benzene rings is 3. The molecule has 5 nitrogen and oxygen atoms in total. The lowest BCUT2D eigenvalue weighted by Gasteiger charge is -2.22. The van der Waals surface area contributed by atoms with Crippen molar-refractivity contribution in [3.8, 4) is 11.1 Å².